The van der Waals surface area contributed by atoms with Crippen LogP contribution in [0.3, 0.4) is 0 Å². The van der Waals surface area contributed by atoms with Gasteiger partial charge in [0.25, 0.3) is 0 Å². The Bertz CT molecular complexity index is 599. The van der Waals surface area contributed by atoms with Gasteiger partial charge in [-0.15, -0.1) is 11.8 Å². The Morgan fingerprint density at radius 1 is 1.48 bits per heavy atom. The fraction of sp³-hybridized carbons (Fsp3) is 0.438. The van der Waals surface area contributed by atoms with Crippen molar-refractivity contribution in [1.29, 1.82) is 0 Å². The summed E-state index contributed by atoms with van der Waals surface area (Å²) in [6.45, 7) is 3.07. The summed E-state index contributed by atoms with van der Waals surface area (Å²) in [5, 5.41) is 3.56. The number of hydrogen-bond acceptors (Lipinski definition) is 4. The van der Waals surface area contributed by atoms with Gasteiger partial charge in [-0.05, 0) is 18.7 Å². The minimum absolute atomic E-state index is 0.168. The standard InChI is InChI=1S/C16H21N3OS/c1-3-17-12(10-16-18-8-9-19(16)2)14-11-21-15-7-5-4-6-13(15)20-14/h4-9,12,14,17H,3,10-11H2,1-2H3. The van der Waals surface area contributed by atoms with E-state index < -0.39 is 0 Å². The van der Waals surface area contributed by atoms with E-state index in [1.807, 2.05) is 37.3 Å². The van der Waals surface area contributed by atoms with E-state index in [2.05, 4.69) is 40.0 Å². The molecule has 3 rings (SSSR count). The van der Waals surface area contributed by atoms with Crippen LogP contribution in [0, 0.1) is 0 Å². The van der Waals surface area contributed by atoms with Crippen LogP contribution in [0.4, 0.5) is 0 Å². The molecular formula is C16H21N3OS. The van der Waals surface area contributed by atoms with Gasteiger partial charge in [0, 0.05) is 36.5 Å². The van der Waals surface area contributed by atoms with Gasteiger partial charge in [-0.1, -0.05) is 19.1 Å². The summed E-state index contributed by atoms with van der Waals surface area (Å²) in [6.07, 6.45) is 4.89. The van der Waals surface area contributed by atoms with E-state index >= 15 is 0 Å². The molecule has 4 nitrogen and oxygen atoms in total. The van der Waals surface area contributed by atoms with Crippen molar-refractivity contribution in [2.24, 2.45) is 7.05 Å². The predicted octanol–water partition coefficient (Wildman–Crippen LogP) is 2.49. The maximum absolute atomic E-state index is 6.21. The lowest BCUT2D eigenvalue weighted by molar-refractivity contribution is 0.164. The maximum Gasteiger partial charge on any atom is 0.133 e. The Balaban J connectivity index is 1.74. The van der Waals surface area contributed by atoms with Crippen LogP contribution < -0.4 is 10.1 Å². The van der Waals surface area contributed by atoms with Crippen molar-refractivity contribution in [2.75, 3.05) is 12.3 Å². The van der Waals surface area contributed by atoms with Crippen molar-refractivity contribution >= 4 is 11.8 Å². The largest absolute Gasteiger partial charge is 0.487 e. The van der Waals surface area contributed by atoms with Crippen LogP contribution in [-0.4, -0.2) is 34.0 Å². The lowest BCUT2D eigenvalue weighted by Crippen LogP contribution is -2.47. The van der Waals surface area contributed by atoms with E-state index in [0.29, 0.717) is 0 Å². The molecule has 2 aromatic rings. The van der Waals surface area contributed by atoms with Crippen LogP contribution in [-0.2, 0) is 13.5 Å². The zero-order valence-electron chi connectivity index (χ0n) is 12.5. The van der Waals surface area contributed by atoms with Gasteiger partial charge >= 0.3 is 0 Å². The number of benzene rings is 1. The topological polar surface area (TPSA) is 39.1 Å². The fourth-order valence-corrected chi connectivity index (χ4v) is 3.70. The maximum atomic E-state index is 6.21. The number of aromatic nitrogens is 2. The molecule has 0 aliphatic carbocycles. The van der Waals surface area contributed by atoms with Crippen LogP contribution in [0.2, 0.25) is 0 Å². The Hall–Kier alpha value is -1.46. The van der Waals surface area contributed by atoms with E-state index in [4.69, 9.17) is 4.74 Å². The molecule has 1 N–H and O–H groups in total. The molecule has 0 amide bonds. The molecule has 1 aromatic heterocycles. The van der Waals surface area contributed by atoms with Crippen LogP contribution >= 0.6 is 11.8 Å². The number of ether oxygens (including phenoxy) is 1. The van der Waals surface area contributed by atoms with E-state index in [0.717, 1.165) is 30.3 Å². The highest BCUT2D eigenvalue weighted by Gasteiger charge is 2.28. The number of hydrogen-bond donors (Lipinski definition) is 1. The molecule has 1 aliphatic rings. The van der Waals surface area contributed by atoms with Crippen molar-refractivity contribution in [1.82, 2.24) is 14.9 Å². The molecule has 0 saturated heterocycles. The summed E-state index contributed by atoms with van der Waals surface area (Å²) in [5.41, 5.74) is 0. The number of aryl methyl sites for hydroxylation is 1. The number of rotatable bonds is 5. The number of nitrogens with zero attached hydrogens (tertiary/aromatic N) is 2. The van der Waals surface area contributed by atoms with Crippen LogP contribution in [0.5, 0.6) is 5.75 Å². The lowest BCUT2D eigenvalue weighted by atomic mass is 10.1. The highest BCUT2D eigenvalue weighted by molar-refractivity contribution is 7.99. The molecule has 2 heterocycles. The molecule has 5 heteroatoms. The van der Waals surface area contributed by atoms with Gasteiger partial charge in [0.2, 0.25) is 0 Å². The van der Waals surface area contributed by atoms with Crippen molar-refractivity contribution in [3.8, 4) is 5.75 Å². The van der Waals surface area contributed by atoms with Crippen LogP contribution in [0.1, 0.15) is 12.7 Å². The average Bonchev–Trinajstić information content (AvgIpc) is 2.91. The Morgan fingerprint density at radius 2 is 2.33 bits per heavy atom. The Morgan fingerprint density at radius 3 is 3.10 bits per heavy atom. The quantitative estimate of drug-likeness (QED) is 0.921. The molecule has 0 fully saturated rings. The fourth-order valence-electron chi connectivity index (χ4n) is 2.62. The number of imidazole rings is 1. The third-order valence-electron chi connectivity index (χ3n) is 3.77. The van der Waals surface area contributed by atoms with E-state index in [1.54, 1.807) is 0 Å². The smallest absolute Gasteiger partial charge is 0.133 e. The number of thioether (sulfide) groups is 1. The van der Waals surface area contributed by atoms with Crippen molar-refractivity contribution in [3.63, 3.8) is 0 Å². The SMILES string of the molecule is CCNC(Cc1nccn1C)C1CSc2ccccc2O1. The number of likely N-dealkylation sites (N-methyl/N-ethyl adjacent to an activating group) is 1. The molecule has 1 aliphatic heterocycles. The van der Waals surface area contributed by atoms with Gasteiger partial charge in [0.15, 0.2) is 0 Å². The zero-order chi connectivity index (χ0) is 14.7. The first-order valence-electron chi connectivity index (χ1n) is 7.36. The number of para-hydroxylation sites is 1. The highest BCUT2D eigenvalue weighted by atomic mass is 32.2. The zero-order valence-corrected chi connectivity index (χ0v) is 13.3. The second-order valence-electron chi connectivity index (χ2n) is 5.24. The summed E-state index contributed by atoms with van der Waals surface area (Å²) in [5.74, 6) is 3.06. The molecule has 0 bridgehead atoms. The third kappa shape index (κ3) is 3.24. The van der Waals surface area contributed by atoms with Gasteiger partial charge in [-0.3, -0.25) is 0 Å². The lowest BCUT2D eigenvalue weighted by Gasteiger charge is -2.32. The van der Waals surface area contributed by atoms with Gasteiger partial charge in [0.1, 0.15) is 17.7 Å². The average molecular weight is 303 g/mol. The second kappa shape index (κ2) is 6.54. The summed E-state index contributed by atoms with van der Waals surface area (Å²) in [4.78, 5) is 5.67. The molecule has 0 spiro atoms. The summed E-state index contributed by atoms with van der Waals surface area (Å²) >= 11 is 1.88. The van der Waals surface area contributed by atoms with Crippen LogP contribution in [0.15, 0.2) is 41.6 Å². The van der Waals surface area contributed by atoms with E-state index in [1.165, 1.54) is 4.90 Å². The van der Waals surface area contributed by atoms with E-state index in [-0.39, 0.29) is 12.1 Å². The summed E-state index contributed by atoms with van der Waals surface area (Å²) in [6, 6.07) is 8.54. The minimum atomic E-state index is 0.168. The van der Waals surface area contributed by atoms with Crippen molar-refractivity contribution in [3.05, 3.63) is 42.5 Å². The van der Waals surface area contributed by atoms with E-state index in [9.17, 15) is 0 Å². The molecule has 112 valence electrons. The van der Waals surface area contributed by atoms with Crippen LogP contribution in [0.25, 0.3) is 0 Å². The molecule has 21 heavy (non-hydrogen) atoms. The first-order valence-corrected chi connectivity index (χ1v) is 8.34. The first kappa shape index (κ1) is 14.5. The van der Waals surface area contributed by atoms with Gasteiger partial charge in [-0.2, -0.15) is 0 Å². The second-order valence-corrected chi connectivity index (χ2v) is 6.30. The monoisotopic (exact) mass is 303 g/mol. The Kier molecular flexibility index (Phi) is 4.51. The minimum Gasteiger partial charge on any atom is -0.487 e. The van der Waals surface area contributed by atoms with Gasteiger partial charge in [0.05, 0.1) is 6.04 Å². The van der Waals surface area contributed by atoms with Crippen molar-refractivity contribution in [2.45, 2.75) is 30.4 Å². The molecular weight excluding hydrogens is 282 g/mol. The molecule has 0 saturated carbocycles. The molecule has 0 radical (unpaired) electrons. The normalized spacial score (nSPS) is 18.9. The number of nitrogens with one attached hydrogen (secondary N) is 1. The third-order valence-corrected chi connectivity index (χ3v) is 4.91. The molecule has 1 aromatic carbocycles. The molecule has 2 atom stereocenters. The molecule has 2 unspecified atom stereocenters. The number of fused-ring (bicyclic) bond motifs is 1. The predicted molar refractivity (Wildman–Crippen MR) is 86.0 cm³/mol. The Labute approximate surface area is 129 Å². The summed E-state index contributed by atoms with van der Waals surface area (Å²) < 4.78 is 8.29. The van der Waals surface area contributed by atoms with Crippen molar-refractivity contribution < 1.29 is 4.74 Å². The van der Waals surface area contributed by atoms with Gasteiger partial charge in [-0.25, -0.2) is 4.98 Å². The highest BCUT2D eigenvalue weighted by Crippen LogP contribution is 2.35. The first-order chi connectivity index (χ1) is 10.3. The summed E-state index contributed by atoms with van der Waals surface area (Å²) in [7, 11) is 2.04. The van der Waals surface area contributed by atoms with Gasteiger partial charge < -0.3 is 14.6 Å².